The lowest BCUT2D eigenvalue weighted by Gasteiger charge is -2.27. The first-order chi connectivity index (χ1) is 6.52. The Morgan fingerprint density at radius 2 is 2.21 bits per heavy atom. The van der Waals surface area contributed by atoms with Crippen molar-refractivity contribution in [1.29, 1.82) is 0 Å². The van der Waals surface area contributed by atoms with E-state index in [2.05, 4.69) is 6.08 Å². The molecule has 0 fully saturated rings. The number of carbonyl (C=O) groups is 2. The lowest BCUT2D eigenvalue weighted by atomic mass is 10.1. The summed E-state index contributed by atoms with van der Waals surface area (Å²) in [5, 5.41) is 8.69. The summed E-state index contributed by atoms with van der Waals surface area (Å²) < 4.78 is 0. The molecule has 1 unspecified atom stereocenters. The Kier molecular flexibility index (Phi) is 3.28. The molecule has 1 rings (SSSR count). The average Bonchev–Trinajstić information content (AvgIpc) is 2.15. The van der Waals surface area contributed by atoms with Crippen LogP contribution < -0.4 is 0 Å². The van der Waals surface area contributed by atoms with Crippen molar-refractivity contribution in [3.8, 4) is 0 Å². The van der Waals surface area contributed by atoms with Gasteiger partial charge in [-0.05, 0) is 20.3 Å². The van der Waals surface area contributed by atoms with Gasteiger partial charge in [0.15, 0.2) is 0 Å². The van der Waals surface area contributed by atoms with Crippen molar-refractivity contribution in [3.63, 3.8) is 0 Å². The lowest BCUT2D eigenvalue weighted by molar-refractivity contribution is -0.150. The molecule has 0 radical (unpaired) electrons. The monoisotopic (exact) mass is 197 g/mol. The second-order valence-electron chi connectivity index (χ2n) is 3.66. The van der Waals surface area contributed by atoms with Crippen molar-refractivity contribution in [2.45, 2.75) is 20.3 Å². The standard InChI is InChI=1S/C10H15NO3/c1-7-4-3-5-11(6-7)9(12)8(2)10(13)14/h4,8H,3,5-6H2,1-2H3,(H,13,14). The van der Waals surface area contributed by atoms with Crippen LogP contribution in [0.5, 0.6) is 0 Å². The van der Waals surface area contributed by atoms with Crippen molar-refractivity contribution in [2.24, 2.45) is 5.92 Å². The van der Waals surface area contributed by atoms with Crippen molar-refractivity contribution in [2.75, 3.05) is 13.1 Å². The molecular formula is C10H15NO3. The molecule has 0 aliphatic carbocycles. The van der Waals surface area contributed by atoms with Gasteiger partial charge in [-0.1, -0.05) is 11.6 Å². The third kappa shape index (κ3) is 2.34. The van der Waals surface area contributed by atoms with E-state index in [4.69, 9.17) is 5.11 Å². The first-order valence-electron chi connectivity index (χ1n) is 4.69. The molecule has 0 saturated heterocycles. The van der Waals surface area contributed by atoms with E-state index in [-0.39, 0.29) is 5.91 Å². The molecule has 78 valence electrons. The highest BCUT2D eigenvalue weighted by Crippen LogP contribution is 2.12. The van der Waals surface area contributed by atoms with Crippen LogP contribution in [0.3, 0.4) is 0 Å². The van der Waals surface area contributed by atoms with Gasteiger partial charge >= 0.3 is 5.97 Å². The van der Waals surface area contributed by atoms with Crippen LogP contribution >= 0.6 is 0 Å². The smallest absolute Gasteiger partial charge is 0.315 e. The molecule has 4 nitrogen and oxygen atoms in total. The predicted octanol–water partition coefficient (Wildman–Crippen LogP) is 0.886. The summed E-state index contributed by atoms with van der Waals surface area (Å²) in [6.45, 7) is 4.58. The number of carbonyl (C=O) groups excluding carboxylic acids is 1. The van der Waals surface area contributed by atoms with Gasteiger partial charge in [0.25, 0.3) is 0 Å². The van der Waals surface area contributed by atoms with Gasteiger partial charge in [-0.25, -0.2) is 0 Å². The van der Waals surface area contributed by atoms with Crippen LogP contribution in [0.4, 0.5) is 0 Å². The maximum absolute atomic E-state index is 11.6. The Morgan fingerprint density at radius 3 is 2.71 bits per heavy atom. The minimum atomic E-state index is -1.05. The molecule has 4 heteroatoms. The summed E-state index contributed by atoms with van der Waals surface area (Å²) in [6, 6.07) is 0. The van der Waals surface area contributed by atoms with E-state index in [1.807, 2.05) is 6.92 Å². The van der Waals surface area contributed by atoms with Crippen LogP contribution in [0, 0.1) is 5.92 Å². The number of carboxylic acid groups (broad SMARTS) is 1. The van der Waals surface area contributed by atoms with Crippen LogP contribution in [0.15, 0.2) is 11.6 Å². The molecule has 1 aliphatic heterocycles. The first kappa shape index (κ1) is 10.8. The highest BCUT2D eigenvalue weighted by molar-refractivity contribution is 5.96. The lowest BCUT2D eigenvalue weighted by Crippen LogP contribution is -2.41. The maximum atomic E-state index is 11.6. The summed E-state index contributed by atoms with van der Waals surface area (Å²) in [6.07, 6.45) is 2.90. The van der Waals surface area contributed by atoms with Crippen LogP contribution in [0.1, 0.15) is 20.3 Å². The van der Waals surface area contributed by atoms with Crippen molar-refractivity contribution < 1.29 is 14.7 Å². The minimum Gasteiger partial charge on any atom is -0.481 e. The fourth-order valence-corrected chi connectivity index (χ4v) is 1.48. The molecule has 0 aromatic rings. The van der Waals surface area contributed by atoms with Gasteiger partial charge < -0.3 is 10.0 Å². The average molecular weight is 197 g/mol. The van der Waals surface area contributed by atoms with E-state index in [1.165, 1.54) is 6.92 Å². The molecule has 14 heavy (non-hydrogen) atoms. The predicted molar refractivity (Wildman–Crippen MR) is 51.8 cm³/mol. The van der Waals surface area contributed by atoms with Gasteiger partial charge in [-0.15, -0.1) is 0 Å². The minimum absolute atomic E-state index is 0.287. The fourth-order valence-electron chi connectivity index (χ4n) is 1.48. The molecule has 0 saturated carbocycles. The summed E-state index contributed by atoms with van der Waals surface area (Å²) in [5.41, 5.74) is 1.13. The van der Waals surface area contributed by atoms with E-state index in [1.54, 1.807) is 4.90 Å². The fraction of sp³-hybridized carbons (Fsp3) is 0.600. The van der Waals surface area contributed by atoms with Gasteiger partial charge in [0.05, 0.1) is 0 Å². The molecule has 1 heterocycles. The van der Waals surface area contributed by atoms with Gasteiger partial charge in [-0.2, -0.15) is 0 Å². The number of hydrogen-bond donors (Lipinski definition) is 1. The van der Waals surface area contributed by atoms with Gasteiger partial charge in [0.2, 0.25) is 5.91 Å². The van der Waals surface area contributed by atoms with E-state index in [9.17, 15) is 9.59 Å². The summed E-state index contributed by atoms with van der Waals surface area (Å²) in [7, 11) is 0. The molecule has 0 aromatic carbocycles. The zero-order chi connectivity index (χ0) is 10.7. The highest BCUT2D eigenvalue weighted by Gasteiger charge is 2.26. The summed E-state index contributed by atoms with van der Waals surface area (Å²) in [5.74, 6) is -2.27. The Balaban J connectivity index is 2.62. The van der Waals surface area contributed by atoms with Gasteiger partial charge in [0.1, 0.15) is 5.92 Å². The molecular weight excluding hydrogens is 182 g/mol. The van der Waals surface area contributed by atoms with Crippen molar-refractivity contribution in [1.82, 2.24) is 4.90 Å². The molecule has 0 bridgehead atoms. The molecule has 0 spiro atoms. The zero-order valence-corrected chi connectivity index (χ0v) is 8.49. The zero-order valence-electron chi connectivity index (χ0n) is 8.49. The maximum Gasteiger partial charge on any atom is 0.315 e. The van der Waals surface area contributed by atoms with Crippen LogP contribution in [0.25, 0.3) is 0 Å². The Bertz CT molecular complexity index is 283. The largest absolute Gasteiger partial charge is 0.481 e. The van der Waals surface area contributed by atoms with Crippen LogP contribution in [0.2, 0.25) is 0 Å². The highest BCUT2D eigenvalue weighted by atomic mass is 16.4. The molecule has 0 aromatic heterocycles. The number of carboxylic acids is 1. The Hall–Kier alpha value is -1.32. The van der Waals surface area contributed by atoms with E-state index < -0.39 is 11.9 Å². The van der Waals surface area contributed by atoms with E-state index >= 15 is 0 Å². The third-order valence-electron chi connectivity index (χ3n) is 2.38. The Labute approximate surface area is 83.2 Å². The van der Waals surface area contributed by atoms with E-state index in [0.717, 1.165) is 12.0 Å². The molecule has 1 N–H and O–H groups in total. The van der Waals surface area contributed by atoms with Crippen molar-refractivity contribution >= 4 is 11.9 Å². The number of hydrogen-bond acceptors (Lipinski definition) is 2. The van der Waals surface area contributed by atoms with Crippen LogP contribution in [-0.4, -0.2) is 35.0 Å². The summed E-state index contributed by atoms with van der Waals surface area (Å²) in [4.78, 5) is 23.8. The number of amides is 1. The van der Waals surface area contributed by atoms with Gasteiger partial charge in [0, 0.05) is 13.1 Å². The number of rotatable bonds is 2. The molecule has 1 aliphatic rings. The topological polar surface area (TPSA) is 57.6 Å². The normalized spacial score (nSPS) is 18.7. The molecule has 1 atom stereocenters. The number of aliphatic carboxylic acids is 1. The summed E-state index contributed by atoms with van der Waals surface area (Å²) >= 11 is 0. The Morgan fingerprint density at radius 1 is 1.57 bits per heavy atom. The SMILES string of the molecule is CC1=CCCN(C(=O)C(C)C(=O)O)C1. The molecule has 1 amide bonds. The quantitative estimate of drug-likeness (QED) is 0.528. The second kappa shape index (κ2) is 4.26. The number of nitrogens with zero attached hydrogens (tertiary/aromatic N) is 1. The third-order valence-corrected chi connectivity index (χ3v) is 2.38. The first-order valence-corrected chi connectivity index (χ1v) is 4.69. The second-order valence-corrected chi connectivity index (χ2v) is 3.66. The van der Waals surface area contributed by atoms with Crippen molar-refractivity contribution in [3.05, 3.63) is 11.6 Å². The van der Waals surface area contributed by atoms with E-state index in [0.29, 0.717) is 13.1 Å². The van der Waals surface area contributed by atoms with Gasteiger partial charge in [-0.3, -0.25) is 9.59 Å². The van der Waals surface area contributed by atoms with Crippen LogP contribution in [-0.2, 0) is 9.59 Å².